The summed E-state index contributed by atoms with van der Waals surface area (Å²) in [6.07, 6.45) is 7.81. The molecule has 0 aromatic carbocycles. The molecule has 14 heavy (non-hydrogen) atoms. The Morgan fingerprint density at radius 2 is 2.36 bits per heavy atom. The summed E-state index contributed by atoms with van der Waals surface area (Å²) in [5.41, 5.74) is 1.67. The Balaban J connectivity index is 1.62. The standard InChI is InChI=1S/C12H22N2/c1-2-14-9-6-11(7-10-14)5-8-13-12-3-4-12/h6,12-13H,2-5,7-10H2,1H3. The molecule has 1 fully saturated rings. The molecule has 0 aromatic heterocycles. The lowest BCUT2D eigenvalue weighted by molar-refractivity contribution is 0.307. The molecule has 0 aromatic rings. The van der Waals surface area contributed by atoms with Crippen LogP contribution in [0.4, 0.5) is 0 Å². The molecule has 0 bridgehead atoms. The zero-order valence-corrected chi connectivity index (χ0v) is 9.26. The van der Waals surface area contributed by atoms with E-state index in [1.165, 1.54) is 51.9 Å². The molecule has 0 unspecified atom stereocenters. The molecular formula is C12H22N2. The zero-order valence-electron chi connectivity index (χ0n) is 9.26. The Morgan fingerprint density at radius 1 is 1.50 bits per heavy atom. The van der Waals surface area contributed by atoms with E-state index in [9.17, 15) is 0 Å². The van der Waals surface area contributed by atoms with Crippen LogP contribution in [0.15, 0.2) is 11.6 Å². The van der Waals surface area contributed by atoms with Crippen LogP contribution >= 0.6 is 0 Å². The van der Waals surface area contributed by atoms with Gasteiger partial charge in [0.1, 0.15) is 0 Å². The van der Waals surface area contributed by atoms with Crippen molar-refractivity contribution in [1.82, 2.24) is 10.2 Å². The minimum atomic E-state index is 0.867. The maximum absolute atomic E-state index is 3.57. The summed E-state index contributed by atoms with van der Waals surface area (Å²) in [5.74, 6) is 0. The van der Waals surface area contributed by atoms with Crippen LogP contribution in [0.3, 0.4) is 0 Å². The van der Waals surface area contributed by atoms with Gasteiger partial charge >= 0.3 is 0 Å². The topological polar surface area (TPSA) is 15.3 Å². The zero-order chi connectivity index (χ0) is 9.80. The Kier molecular flexibility index (Phi) is 3.60. The number of hydrogen-bond donors (Lipinski definition) is 1. The van der Waals surface area contributed by atoms with Gasteiger partial charge in [0.15, 0.2) is 0 Å². The van der Waals surface area contributed by atoms with E-state index in [4.69, 9.17) is 0 Å². The van der Waals surface area contributed by atoms with Crippen LogP contribution in [0, 0.1) is 0 Å². The van der Waals surface area contributed by atoms with Crippen LogP contribution in [0.25, 0.3) is 0 Å². The number of rotatable bonds is 5. The van der Waals surface area contributed by atoms with Crippen LogP contribution in [0.5, 0.6) is 0 Å². The molecule has 80 valence electrons. The van der Waals surface area contributed by atoms with Gasteiger partial charge in [-0.3, -0.25) is 4.90 Å². The Labute approximate surface area is 87.4 Å². The minimum Gasteiger partial charge on any atom is -0.314 e. The monoisotopic (exact) mass is 194 g/mol. The van der Waals surface area contributed by atoms with E-state index < -0.39 is 0 Å². The van der Waals surface area contributed by atoms with Gasteiger partial charge in [-0.15, -0.1) is 0 Å². The predicted molar refractivity (Wildman–Crippen MR) is 60.5 cm³/mol. The van der Waals surface area contributed by atoms with E-state index in [2.05, 4.69) is 23.2 Å². The lowest BCUT2D eigenvalue weighted by atomic mass is 10.1. The normalized spacial score (nSPS) is 23.6. The molecule has 0 spiro atoms. The van der Waals surface area contributed by atoms with Gasteiger partial charge in [0.2, 0.25) is 0 Å². The quantitative estimate of drug-likeness (QED) is 0.671. The van der Waals surface area contributed by atoms with Crippen molar-refractivity contribution >= 4 is 0 Å². The summed E-state index contributed by atoms with van der Waals surface area (Å²) in [4.78, 5) is 2.50. The van der Waals surface area contributed by atoms with Crippen molar-refractivity contribution in [1.29, 1.82) is 0 Å². The third-order valence-corrected chi connectivity index (χ3v) is 3.29. The molecule has 1 aliphatic carbocycles. The van der Waals surface area contributed by atoms with E-state index in [0.717, 1.165) is 6.04 Å². The molecule has 1 saturated carbocycles. The first-order valence-corrected chi connectivity index (χ1v) is 6.02. The number of hydrogen-bond acceptors (Lipinski definition) is 2. The molecule has 0 radical (unpaired) electrons. The van der Waals surface area contributed by atoms with E-state index in [0.29, 0.717) is 0 Å². The molecule has 2 heteroatoms. The predicted octanol–water partition coefficient (Wildman–Crippen LogP) is 1.78. The summed E-state index contributed by atoms with van der Waals surface area (Å²) in [6, 6.07) is 0.867. The van der Waals surface area contributed by atoms with Gasteiger partial charge in [-0.05, 0) is 38.8 Å². The van der Waals surface area contributed by atoms with Crippen molar-refractivity contribution in [3.05, 3.63) is 11.6 Å². The second kappa shape index (κ2) is 4.94. The van der Waals surface area contributed by atoms with Crippen molar-refractivity contribution in [3.63, 3.8) is 0 Å². The Hall–Kier alpha value is -0.340. The van der Waals surface area contributed by atoms with Crippen LogP contribution in [0.1, 0.15) is 32.6 Å². The summed E-state index contributed by atoms with van der Waals surface area (Å²) < 4.78 is 0. The van der Waals surface area contributed by atoms with E-state index >= 15 is 0 Å². The van der Waals surface area contributed by atoms with Crippen molar-refractivity contribution in [3.8, 4) is 0 Å². The van der Waals surface area contributed by atoms with Gasteiger partial charge in [0.25, 0.3) is 0 Å². The highest BCUT2D eigenvalue weighted by atomic mass is 15.1. The van der Waals surface area contributed by atoms with Gasteiger partial charge in [0.05, 0.1) is 0 Å². The van der Waals surface area contributed by atoms with Gasteiger partial charge in [-0.2, -0.15) is 0 Å². The molecule has 2 nitrogen and oxygen atoms in total. The maximum Gasteiger partial charge on any atom is 0.0165 e. The van der Waals surface area contributed by atoms with Gasteiger partial charge < -0.3 is 5.32 Å². The third-order valence-electron chi connectivity index (χ3n) is 3.29. The van der Waals surface area contributed by atoms with E-state index in [1.54, 1.807) is 5.57 Å². The number of nitrogens with one attached hydrogen (secondary N) is 1. The first kappa shape index (κ1) is 10.2. The summed E-state index contributed by atoms with van der Waals surface area (Å²) in [6.45, 7) is 7.08. The fraction of sp³-hybridized carbons (Fsp3) is 0.833. The van der Waals surface area contributed by atoms with Crippen LogP contribution in [-0.2, 0) is 0 Å². The highest BCUT2D eigenvalue weighted by Crippen LogP contribution is 2.19. The van der Waals surface area contributed by atoms with Crippen LogP contribution in [0.2, 0.25) is 0 Å². The van der Waals surface area contributed by atoms with Crippen molar-refractivity contribution in [2.45, 2.75) is 38.6 Å². The molecule has 1 heterocycles. The summed E-state index contributed by atoms with van der Waals surface area (Å²) in [5, 5.41) is 3.57. The lowest BCUT2D eigenvalue weighted by Crippen LogP contribution is -2.29. The third kappa shape index (κ3) is 3.10. The summed E-state index contributed by atoms with van der Waals surface area (Å²) in [7, 11) is 0. The van der Waals surface area contributed by atoms with Crippen LogP contribution < -0.4 is 5.32 Å². The smallest absolute Gasteiger partial charge is 0.0165 e. The Bertz CT molecular complexity index is 206. The second-order valence-corrected chi connectivity index (χ2v) is 4.48. The minimum absolute atomic E-state index is 0.867. The average Bonchev–Trinajstić information content (AvgIpc) is 3.03. The van der Waals surface area contributed by atoms with Gasteiger partial charge in [-0.25, -0.2) is 0 Å². The molecule has 0 saturated heterocycles. The van der Waals surface area contributed by atoms with Crippen molar-refractivity contribution in [2.75, 3.05) is 26.2 Å². The van der Waals surface area contributed by atoms with Gasteiger partial charge in [0, 0.05) is 19.1 Å². The summed E-state index contributed by atoms with van der Waals surface area (Å²) >= 11 is 0. The van der Waals surface area contributed by atoms with E-state index in [1.807, 2.05) is 0 Å². The highest BCUT2D eigenvalue weighted by molar-refractivity contribution is 5.07. The molecule has 1 N–H and O–H groups in total. The van der Waals surface area contributed by atoms with Gasteiger partial charge in [-0.1, -0.05) is 18.6 Å². The first-order valence-electron chi connectivity index (χ1n) is 6.02. The van der Waals surface area contributed by atoms with Crippen molar-refractivity contribution < 1.29 is 0 Å². The SMILES string of the molecule is CCN1CC=C(CCNC2CC2)CC1. The Morgan fingerprint density at radius 3 is 2.93 bits per heavy atom. The lowest BCUT2D eigenvalue weighted by Gasteiger charge is -2.24. The molecule has 1 aliphatic heterocycles. The molecular weight excluding hydrogens is 172 g/mol. The average molecular weight is 194 g/mol. The van der Waals surface area contributed by atoms with E-state index in [-0.39, 0.29) is 0 Å². The molecule has 2 aliphatic rings. The fourth-order valence-corrected chi connectivity index (χ4v) is 1.99. The largest absolute Gasteiger partial charge is 0.314 e. The second-order valence-electron chi connectivity index (χ2n) is 4.48. The highest BCUT2D eigenvalue weighted by Gasteiger charge is 2.19. The first-order chi connectivity index (χ1) is 6.88. The molecule has 0 atom stereocenters. The number of likely N-dealkylation sites (N-methyl/N-ethyl adjacent to an activating group) is 1. The van der Waals surface area contributed by atoms with Crippen LogP contribution in [-0.4, -0.2) is 37.1 Å². The molecule has 2 rings (SSSR count). The van der Waals surface area contributed by atoms with Crippen molar-refractivity contribution in [2.24, 2.45) is 0 Å². The maximum atomic E-state index is 3.57. The molecule has 0 amide bonds. The number of nitrogens with zero attached hydrogens (tertiary/aromatic N) is 1. The fourth-order valence-electron chi connectivity index (χ4n) is 1.99.